The monoisotopic (exact) mass is 288 g/mol. The largest absolute Gasteiger partial charge is 0.368 e. The Morgan fingerprint density at radius 2 is 1.86 bits per heavy atom. The van der Waals surface area contributed by atoms with Crippen molar-refractivity contribution in [2.75, 3.05) is 0 Å². The van der Waals surface area contributed by atoms with Crippen LogP contribution < -0.4 is 11.1 Å². The van der Waals surface area contributed by atoms with Crippen molar-refractivity contribution < 1.29 is 9.59 Å². The van der Waals surface area contributed by atoms with Crippen LogP contribution in [0.5, 0.6) is 0 Å². The fourth-order valence-electron chi connectivity index (χ4n) is 2.97. The first kappa shape index (κ1) is 15.5. The van der Waals surface area contributed by atoms with Gasteiger partial charge in [-0.3, -0.25) is 9.59 Å². The van der Waals surface area contributed by atoms with Gasteiger partial charge in [0.05, 0.1) is 0 Å². The van der Waals surface area contributed by atoms with Crippen molar-refractivity contribution >= 4 is 11.8 Å². The van der Waals surface area contributed by atoms with Crippen LogP contribution in [0.3, 0.4) is 0 Å². The first-order valence-corrected chi connectivity index (χ1v) is 7.78. The first-order valence-electron chi connectivity index (χ1n) is 7.78. The summed E-state index contributed by atoms with van der Waals surface area (Å²) in [6.45, 7) is 0. The SMILES string of the molecule is NC(=O)[C@@H](Cc1ccccc1)NC(=O)CCC1CCCC1. The van der Waals surface area contributed by atoms with Crippen molar-refractivity contribution in [2.45, 2.75) is 51.0 Å². The van der Waals surface area contributed by atoms with Crippen molar-refractivity contribution in [3.8, 4) is 0 Å². The second kappa shape index (κ2) is 7.81. The number of rotatable bonds is 7. The third kappa shape index (κ3) is 5.21. The van der Waals surface area contributed by atoms with Gasteiger partial charge < -0.3 is 11.1 Å². The van der Waals surface area contributed by atoms with Crippen LogP contribution in [0.15, 0.2) is 30.3 Å². The number of carbonyl (C=O) groups is 2. The molecule has 4 heteroatoms. The van der Waals surface area contributed by atoms with Gasteiger partial charge in [0.15, 0.2) is 0 Å². The molecule has 1 aromatic rings. The molecule has 2 amide bonds. The Balaban J connectivity index is 1.81. The van der Waals surface area contributed by atoms with E-state index < -0.39 is 11.9 Å². The van der Waals surface area contributed by atoms with Gasteiger partial charge in [-0.15, -0.1) is 0 Å². The number of benzene rings is 1. The number of carbonyl (C=O) groups excluding carboxylic acids is 2. The maximum atomic E-state index is 12.0. The third-order valence-electron chi connectivity index (χ3n) is 4.22. The second-order valence-corrected chi connectivity index (χ2v) is 5.90. The Labute approximate surface area is 126 Å². The normalized spacial score (nSPS) is 16.6. The van der Waals surface area contributed by atoms with Crippen LogP contribution in [0.1, 0.15) is 44.1 Å². The Bertz CT molecular complexity index is 467. The summed E-state index contributed by atoms with van der Waals surface area (Å²) in [5, 5.41) is 2.78. The molecule has 1 aliphatic rings. The summed E-state index contributed by atoms with van der Waals surface area (Å²) < 4.78 is 0. The Kier molecular flexibility index (Phi) is 5.78. The number of amides is 2. The molecule has 0 aromatic heterocycles. The van der Waals surface area contributed by atoms with Gasteiger partial charge in [0.1, 0.15) is 6.04 Å². The number of nitrogens with two attached hydrogens (primary N) is 1. The molecule has 2 rings (SSSR count). The highest BCUT2D eigenvalue weighted by atomic mass is 16.2. The fraction of sp³-hybridized carbons (Fsp3) is 0.529. The Morgan fingerprint density at radius 1 is 1.19 bits per heavy atom. The average molecular weight is 288 g/mol. The Morgan fingerprint density at radius 3 is 2.48 bits per heavy atom. The van der Waals surface area contributed by atoms with Crippen LogP contribution in [0.2, 0.25) is 0 Å². The van der Waals surface area contributed by atoms with Crippen molar-refractivity contribution in [2.24, 2.45) is 11.7 Å². The minimum Gasteiger partial charge on any atom is -0.368 e. The van der Waals surface area contributed by atoms with Gasteiger partial charge in [0, 0.05) is 12.8 Å². The molecule has 21 heavy (non-hydrogen) atoms. The minimum absolute atomic E-state index is 0.0679. The molecule has 4 nitrogen and oxygen atoms in total. The predicted molar refractivity (Wildman–Crippen MR) is 82.5 cm³/mol. The summed E-state index contributed by atoms with van der Waals surface area (Å²) in [6.07, 6.45) is 6.89. The molecule has 0 spiro atoms. The lowest BCUT2D eigenvalue weighted by atomic mass is 10.0. The van der Waals surface area contributed by atoms with E-state index in [2.05, 4.69) is 5.32 Å². The van der Waals surface area contributed by atoms with Gasteiger partial charge in [0.25, 0.3) is 0 Å². The highest BCUT2D eigenvalue weighted by molar-refractivity contribution is 5.86. The van der Waals surface area contributed by atoms with E-state index in [1.54, 1.807) is 0 Å². The van der Waals surface area contributed by atoms with Gasteiger partial charge in [-0.25, -0.2) is 0 Å². The highest BCUT2D eigenvalue weighted by Gasteiger charge is 2.20. The van der Waals surface area contributed by atoms with Crippen molar-refractivity contribution in [3.05, 3.63) is 35.9 Å². The molecule has 0 bridgehead atoms. The number of nitrogens with one attached hydrogen (secondary N) is 1. The Hall–Kier alpha value is -1.84. The highest BCUT2D eigenvalue weighted by Crippen LogP contribution is 2.28. The van der Waals surface area contributed by atoms with Crippen molar-refractivity contribution in [1.29, 1.82) is 0 Å². The summed E-state index contributed by atoms with van der Waals surface area (Å²) in [4.78, 5) is 23.5. The summed E-state index contributed by atoms with van der Waals surface area (Å²) in [6, 6.07) is 8.98. The standard InChI is InChI=1S/C17H24N2O2/c18-17(21)15(12-14-8-2-1-3-9-14)19-16(20)11-10-13-6-4-5-7-13/h1-3,8-9,13,15H,4-7,10-12H2,(H2,18,21)(H,19,20)/t15-/m1/s1. The van der Waals surface area contributed by atoms with Crippen LogP contribution in [0.25, 0.3) is 0 Å². The maximum Gasteiger partial charge on any atom is 0.240 e. The lowest BCUT2D eigenvalue weighted by Crippen LogP contribution is -2.45. The first-order chi connectivity index (χ1) is 10.1. The smallest absolute Gasteiger partial charge is 0.240 e. The maximum absolute atomic E-state index is 12.0. The molecule has 0 unspecified atom stereocenters. The molecule has 0 saturated heterocycles. The van der Waals surface area contributed by atoms with E-state index >= 15 is 0 Å². The van der Waals surface area contributed by atoms with Crippen molar-refractivity contribution in [1.82, 2.24) is 5.32 Å². The van der Waals surface area contributed by atoms with Gasteiger partial charge >= 0.3 is 0 Å². The molecule has 1 fully saturated rings. The zero-order chi connectivity index (χ0) is 15.1. The van der Waals surface area contributed by atoms with E-state index in [-0.39, 0.29) is 5.91 Å². The number of hydrogen-bond donors (Lipinski definition) is 2. The lowest BCUT2D eigenvalue weighted by Gasteiger charge is -2.16. The van der Waals surface area contributed by atoms with E-state index in [4.69, 9.17) is 5.73 Å². The molecular weight excluding hydrogens is 264 g/mol. The summed E-state index contributed by atoms with van der Waals surface area (Å²) in [5.74, 6) is 0.131. The van der Waals surface area contributed by atoms with Crippen LogP contribution >= 0.6 is 0 Å². The molecule has 0 heterocycles. The van der Waals surface area contributed by atoms with E-state index in [1.165, 1.54) is 25.7 Å². The topological polar surface area (TPSA) is 72.2 Å². The van der Waals surface area contributed by atoms with Gasteiger partial charge in [-0.1, -0.05) is 56.0 Å². The lowest BCUT2D eigenvalue weighted by molar-refractivity contribution is -0.127. The van der Waals surface area contributed by atoms with E-state index in [1.807, 2.05) is 30.3 Å². The molecule has 1 aliphatic carbocycles. The molecule has 114 valence electrons. The van der Waals surface area contributed by atoms with E-state index in [0.717, 1.165) is 12.0 Å². The average Bonchev–Trinajstić information content (AvgIpc) is 2.99. The predicted octanol–water partition coefficient (Wildman–Crippen LogP) is 2.17. The number of primary amides is 1. The summed E-state index contributed by atoms with van der Waals surface area (Å²) in [5.41, 5.74) is 6.40. The third-order valence-corrected chi connectivity index (χ3v) is 4.22. The summed E-state index contributed by atoms with van der Waals surface area (Å²) >= 11 is 0. The van der Waals surface area contributed by atoms with Gasteiger partial charge in [-0.05, 0) is 17.9 Å². The molecule has 0 radical (unpaired) electrons. The zero-order valence-corrected chi connectivity index (χ0v) is 12.4. The van der Waals surface area contributed by atoms with Crippen LogP contribution in [0, 0.1) is 5.92 Å². The van der Waals surface area contributed by atoms with Crippen LogP contribution in [-0.2, 0) is 16.0 Å². The number of hydrogen-bond acceptors (Lipinski definition) is 2. The zero-order valence-electron chi connectivity index (χ0n) is 12.4. The molecule has 1 atom stereocenters. The second-order valence-electron chi connectivity index (χ2n) is 5.90. The summed E-state index contributed by atoms with van der Waals surface area (Å²) in [7, 11) is 0. The fourth-order valence-corrected chi connectivity index (χ4v) is 2.97. The molecule has 1 aromatic carbocycles. The van der Waals surface area contributed by atoms with Crippen LogP contribution in [-0.4, -0.2) is 17.9 Å². The molecule has 0 aliphatic heterocycles. The molecule has 3 N–H and O–H groups in total. The van der Waals surface area contributed by atoms with Gasteiger partial charge in [-0.2, -0.15) is 0 Å². The van der Waals surface area contributed by atoms with E-state index in [0.29, 0.717) is 18.8 Å². The quantitative estimate of drug-likeness (QED) is 0.807. The molecule has 1 saturated carbocycles. The van der Waals surface area contributed by atoms with Gasteiger partial charge in [0.2, 0.25) is 11.8 Å². The molecular formula is C17H24N2O2. The van der Waals surface area contributed by atoms with Crippen molar-refractivity contribution in [3.63, 3.8) is 0 Å². The van der Waals surface area contributed by atoms with Crippen LogP contribution in [0.4, 0.5) is 0 Å². The minimum atomic E-state index is -0.622. The van der Waals surface area contributed by atoms with E-state index in [9.17, 15) is 9.59 Å².